The number of benzene rings is 1. The monoisotopic (exact) mass is 422 g/mol. The fraction of sp³-hybridized carbons (Fsp3) is 0.261. The summed E-state index contributed by atoms with van der Waals surface area (Å²) >= 11 is 1.57. The third-order valence-corrected chi connectivity index (χ3v) is 6.30. The lowest BCUT2D eigenvalue weighted by molar-refractivity contribution is -0.124. The molecule has 1 aromatic carbocycles. The topological polar surface area (TPSA) is 81.4 Å². The molecule has 30 heavy (non-hydrogen) atoms. The lowest BCUT2D eigenvalue weighted by Gasteiger charge is -2.13. The van der Waals surface area contributed by atoms with E-state index in [4.69, 9.17) is 9.15 Å². The highest BCUT2D eigenvalue weighted by atomic mass is 32.1. The number of nitrogens with one attached hydrogen (secondary N) is 1. The highest BCUT2D eigenvalue weighted by Crippen LogP contribution is 2.31. The molecule has 1 fully saturated rings. The molecule has 4 rings (SSSR count). The van der Waals surface area contributed by atoms with Gasteiger partial charge < -0.3 is 9.15 Å². The van der Waals surface area contributed by atoms with Crippen LogP contribution in [0.3, 0.4) is 0 Å². The van der Waals surface area contributed by atoms with E-state index in [1.54, 1.807) is 11.3 Å². The number of cyclic esters (lactones) is 1. The van der Waals surface area contributed by atoms with Crippen molar-refractivity contribution < 1.29 is 18.7 Å². The molecule has 3 heterocycles. The van der Waals surface area contributed by atoms with Crippen molar-refractivity contribution in [2.75, 3.05) is 0 Å². The van der Waals surface area contributed by atoms with Gasteiger partial charge in [0.05, 0.1) is 5.69 Å². The highest BCUT2D eigenvalue weighted by molar-refractivity contribution is 7.13. The number of hydrogen-bond donors (Lipinski definition) is 1. The van der Waals surface area contributed by atoms with Crippen LogP contribution in [-0.4, -0.2) is 23.1 Å². The van der Waals surface area contributed by atoms with Crippen LogP contribution in [0.15, 0.2) is 46.9 Å². The summed E-state index contributed by atoms with van der Waals surface area (Å²) in [4.78, 5) is 29.7. The van der Waals surface area contributed by atoms with Gasteiger partial charge in [-0.2, -0.15) is 0 Å². The summed E-state index contributed by atoms with van der Waals surface area (Å²) in [6.45, 7) is 5.85. The molecule has 2 atom stereocenters. The van der Waals surface area contributed by atoms with Gasteiger partial charge in [-0.25, -0.2) is 9.78 Å². The molecule has 2 unspecified atom stereocenters. The first-order valence-electron chi connectivity index (χ1n) is 9.72. The number of oxazole rings is 1. The van der Waals surface area contributed by atoms with Crippen molar-refractivity contribution in [2.45, 2.75) is 39.2 Å². The normalized spacial score (nSPS) is 17.4. The molecule has 154 valence electrons. The molecule has 2 amide bonds. The summed E-state index contributed by atoms with van der Waals surface area (Å²) in [6, 6.07) is 12.1. The number of ether oxygens (including phenoxy) is 1. The van der Waals surface area contributed by atoms with Crippen LogP contribution in [0.4, 0.5) is 4.79 Å². The number of thiophene rings is 1. The lowest BCUT2D eigenvalue weighted by Crippen LogP contribution is -2.27. The van der Waals surface area contributed by atoms with E-state index in [0.29, 0.717) is 12.3 Å². The zero-order chi connectivity index (χ0) is 21.3. The van der Waals surface area contributed by atoms with Gasteiger partial charge in [0.25, 0.3) is 5.91 Å². The number of carbonyl (C=O) groups excluding carboxylic acids is 2. The average Bonchev–Trinajstić information content (AvgIpc) is 3.41. The molecule has 0 bridgehead atoms. The van der Waals surface area contributed by atoms with E-state index in [9.17, 15) is 9.59 Å². The predicted molar refractivity (Wildman–Crippen MR) is 115 cm³/mol. The number of allylic oxidation sites excluding steroid dienone is 1. The zero-order valence-electron chi connectivity index (χ0n) is 17.0. The maximum atomic E-state index is 11.8. The van der Waals surface area contributed by atoms with E-state index in [1.165, 1.54) is 5.56 Å². The average molecular weight is 423 g/mol. The number of carbonyl (C=O) groups is 2. The van der Waals surface area contributed by atoms with Gasteiger partial charge in [-0.1, -0.05) is 30.7 Å². The van der Waals surface area contributed by atoms with Gasteiger partial charge in [0.1, 0.15) is 5.76 Å². The molecule has 0 saturated carbocycles. The molecule has 0 radical (unpaired) electrons. The summed E-state index contributed by atoms with van der Waals surface area (Å²) in [6.07, 6.45) is 3.28. The van der Waals surface area contributed by atoms with Crippen molar-refractivity contribution in [1.29, 1.82) is 0 Å². The van der Waals surface area contributed by atoms with E-state index in [0.717, 1.165) is 26.8 Å². The highest BCUT2D eigenvalue weighted by Gasteiger charge is 2.37. The van der Waals surface area contributed by atoms with Crippen molar-refractivity contribution >= 4 is 29.4 Å². The SMILES string of the molecule is Cc1ccc(-c2nc(C/C=C/c3ccc(C(C)C4OC(=O)NC4=O)s3)c(C)o2)cc1. The molecule has 3 aromatic rings. The predicted octanol–water partition coefficient (Wildman–Crippen LogP) is 5.01. The zero-order valence-corrected chi connectivity index (χ0v) is 17.8. The summed E-state index contributed by atoms with van der Waals surface area (Å²) in [7, 11) is 0. The van der Waals surface area contributed by atoms with E-state index >= 15 is 0 Å². The molecule has 1 N–H and O–H groups in total. The number of imide groups is 1. The summed E-state index contributed by atoms with van der Waals surface area (Å²) in [5.74, 6) is 0.861. The molecule has 1 aliphatic heterocycles. The van der Waals surface area contributed by atoms with E-state index in [1.807, 2.05) is 69.3 Å². The third kappa shape index (κ3) is 4.21. The molecule has 7 heteroatoms. The van der Waals surface area contributed by atoms with Crippen LogP contribution in [0.1, 0.15) is 39.6 Å². The summed E-state index contributed by atoms with van der Waals surface area (Å²) < 4.78 is 10.9. The number of rotatable bonds is 6. The van der Waals surface area contributed by atoms with Crippen LogP contribution in [0.2, 0.25) is 0 Å². The first-order valence-corrected chi connectivity index (χ1v) is 10.5. The minimum atomic E-state index is -0.772. The van der Waals surface area contributed by atoms with Gasteiger partial charge >= 0.3 is 6.09 Å². The quantitative estimate of drug-likeness (QED) is 0.604. The van der Waals surface area contributed by atoms with E-state index < -0.39 is 12.2 Å². The molecule has 1 aliphatic rings. The van der Waals surface area contributed by atoms with Crippen molar-refractivity contribution in [3.05, 3.63) is 69.2 Å². The molecular weight excluding hydrogens is 400 g/mol. The van der Waals surface area contributed by atoms with Gasteiger partial charge in [0, 0.05) is 27.7 Å². The Labute approximate surface area is 178 Å². The molecule has 0 spiro atoms. The number of nitrogens with zero attached hydrogens (tertiary/aromatic N) is 1. The summed E-state index contributed by atoms with van der Waals surface area (Å²) in [5.41, 5.74) is 3.07. The Bertz CT molecular complexity index is 1110. The minimum absolute atomic E-state index is 0.196. The van der Waals surface area contributed by atoms with Crippen LogP contribution in [0.5, 0.6) is 0 Å². The van der Waals surface area contributed by atoms with Gasteiger partial charge in [-0.3, -0.25) is 10.1 Å². The number of aromatic nitrogens is 1. The van der Waals surface area contributed by atoms with Gasteiger partial charge in [-0.05, 0) is 44.2 Å². The third-order valence-electron chi connectivity index (χ3n) is 5.05. The second-order valence-electron chi connectivity index (χ2n) is 7.34. The molecule has 2 aromatic heterocycles. The van der Waals surface area contributed by atoms with Crippen LogP contribution in [-0.2, 0) is 16.0 Å². The lowest BCUT2D eigenvalue weighted by atomic mass is 10.0. The molecule has 0 aliphatic carbocycles. The molecule has 6 nitrogen and oxygen atoms in total. The maximum Gasteiger partial charge on any atom is 0.414 e. The number of aryl methyl sites for hydroxylation is 2. The summed E-state index contributed by atoms with van der Waals surface area (Å²) in [5, 5.41) is 2.17. The maximum absolute atomic E-state index is 11.8. The Morgan fingerprint density at radius 3 is 2.63 bits per heavy atom. The number of hydrogen-bond acceptors (Lipinski definition) is 6. The van der Waals surface area contributed by atoms with Crippen molar-refractivity contribution in [2.24, 2.45) is 0 Å². The second-order valence-corrected chi connectivity index (χ2v) is 8.49. The van der Waals surface area contributed by atoms with Crippen molar-refractivity contribution in [3.8, 4) is 11.5 Å². The van der Waals surface area contributed by atoms with Crippen molar-refractivity contribution in [1.82, 2.24) is 10.3 Å². The van der Waals surface area contributed by atoms with E-state index in [2.05, 4.69) is 10.3 Å². The number of alkyl carbamates (subject to hydrolysis) is 1. The van der Waals surface area contributed by atoms with Gasteiger partial charge in [0.15, 0.2) is 6.10 Å². The Kier molecular flexibility index (Phi) is 5.55. The minimum Gasteiger partial charge on any atom is -0.441 e. The molecule has 1 saturated heterocycles. The van der Waals surface area contributed by atoms with Gasteiger partial charge in [0.2, 0.25) is 5.89 Å². The first-order chi connectivity index (χ1) is 14.4. The van der Waals surface area contributed by atoms with Crippen LogP contribution in [0, 0.1) is 13.8 Å². The Hall–Kier alpha value is -3.19. The Morgan fingerprint density at radius 2 is 1.93 bits per heavy atom. The smallest absolute Gasteiger partial charge is 0.414 e. The van der Waals surface area contributed by atoms with Crippen LogP contribution < -0.4 is 5.32 Å². The van der Waals surface area contributed by atoms with Crippen LogP contribution in [0.25, 0.3) is 17.5 Å². The molecular formula is C23H22N2O4S. The fourth-order valence-electron chi connectivity index (χ4n) is 3.27. The largest absolute Gasteiger partial charge is 0.441 e. The standard InChI is InChI=1S/C23H22N2O4S/c1-13-7-9-16(10-8-13)22-24-18(15(3)28-22)6-4-5-17-11-12-19(30-17)14(2)20-21(26)25-23(27)29-20/h4-5,7-12,14,20H,6H2,1-3H3,(H,25,26,27)/b5-4+. The second kappa shape index (κ2) is 8.28. The Morgan fingerprint density at radius 1 is 1.17 bits per heavy atom. The van der Waals surface area contributed by atoms with E-state index in [-0.39, 0.29) is 11.8 Å². The van der Waals surface area contributed by atoms with Gasteiger partial charge in [-0.15, -0.1) is 11.3 Å². The van der Waals surface area contributed by atoms with Crippen molar-refractivity contribution in [3.63, 3.8) is 0 Å². The Balaban J connectivity index is 1.41. The van der Waals surface area contributed by atoms with Crippen LogP contribution >= 0.6 is 11.3 Å². The fourth-order valence-corrected chi connectivity index (χ4v) is 4.29. The first kappa shape index (κ1) is 20.1. The number of amides is 2.